The van der Waals surface area contributed by atoms with Gasteiger partial charge in [0.25, 0.3) is 5.91 Å². The van der Waals surface area contributed by atoms with Gasteiger partial charge >= 0.3 is 5.97 Å². The zero-order valence-corrected chi connectivity index (χ0v) is 16.2. The van der Waals surface area contributed by atoms with Gasteiger partial charge in [-0.05, 0) is 26.0 Å². The molecule has 2 N–H and O–H groups in total. The SMILES string of the molecule is CC(C)NC(=O)CNC(=O)COC(=O)CCSc1nc2ccccc2s1. The number of carbonyl (C=O) groups excluding carboxylic acids is 3. The number of nitrogens with one attached hydrogen (secondary N) is 2. The second-order valence-electron chi connectivity index (χ2n) is 5.71. The van der Waals surface area contributed by atoms with Gasteiger partial charge in [-0.25, -0.2) is 4.98 Å². The Kier molecular flexibility index (Phi) is 7.86. The fourth-order valence-corrected chi connectivity index (χ4v) is 4.01. The van der Waals surface area contributed by atoms with Gasteiger partial charge in [-0.1, -0.05) is 23.9 Å². The van der Waals surface area contributed by atoms with Crippen molar-refractivity contribution in [3.8, 4) is 0 Å². The average Bonchev–Trinajstić information content (AvgIpc) is 3.00. The Bertz CT molecular complexity index is 743. The highest BCUT2D eigenvalue weighted by Gasteiger charge is 2.11. The number of benzene rings is 1. The predicted octanol–water partition coefficient (Wildman–Crippen LogP) is 1.96. The van der Waals surface area contributed by atoms with E-state index in [4.69, 9.17) is 4.74 Å². The Hall–Kier alpha value is -2.13. The lowest BCUT2D eigenvalue weighted by Crippen LogP contribution is -2.41. The highest BCUT2D eigenvalue weighted by molar-refractivity contribution is 8.01. The number of esters is 1. The van der Waals surface area contributed by atoms with E-state index in [9.17, 15) is 14.4 Å². The maximum absolute atomic E-state index is 11.7. The standard InChI is InChI=1S/C17H21N3O4S2/c1-11(2)19-14(21)9-18-15(22)10-24-16(23)7-8-25-17-20-12-5-3-4-6-13(12)26-17/h3-6,11H,7-10H2,1-2H3,(H,18,22)(H,19,21). The molecule has 0 saturated heterocycles. The van der Waals surface area contributed by atoms with Crippen molar-refractivity contribution in [2.45, 2.75) is 30.6 Å². The highest BCUT2D eigenvalue weighted by Crippen LogP contribution is 2.29. The van der Waals surface area contributed by atoms with Crippen LogP contribution in [0.4, 0.5) is 0 Å². The summed E-state index contributed by atoms with van der Waals surface area (Å²) in [5, 5.41) is 5.05. The van der Waals surface area contributed by atoms with Crippen LogP contribution in [0.3, 0.4) is 0 Å². The van der Waals surface area contributed by atoms with Crippen molar-refractivity contribution in [2.24, 2.45) is 0 Å². The molecule has 0 unspecified atom stereocenters. The summed E-state index contributed by atoms with van der Waals surface area (Å²) in [4.78, 5) is 39.1. The van der Waals surface area contributed by atoms with E-state index in [-0.39, 0.29) is 31.5 Å². The Morgan fingerprint density at radius 2 is 2.00 bits per heavy atom. The number of nitrogens with zero attached hydrogens (tertiary/aromatic N) is 1. The van der Waals surface area contributed by atoms with Gasteiger partial charge in [-0.2, -0.15) is 0 Å². The maximum atomic E-state index is 11.7. The van der Waals surface area contributed by atoms with Gasteiger partial charge in [-0.3, -0.25) is 14.4 Å². The zero-order chi connectivity index (χ0) is 18.9. The predicted molar refractivity (Wildman–Crippen MR) is 102 cm³/mol. The van der Waals surface area contributed by atoms with Crippen molar-refractivity contribution in [1.82, 2.24) is 15.6 Å². The molecule has 0 aliphatic carbocycles. The molecule has 0 spiro atoms. The lowest BCUT2D eigenvalue weighted by atomic mass is 10.3. The van der Waals surface area contributed by atoms with E-state index in [2.05, 4.69) is 15.6 Å². The lowest BCUT2D eigenvalue weighted by molar-refractivity contribution is -0.148. The Balaban J connectivity index is 1.61. The molecule has 2 aromatic rings. The summed E-state index contributed by atoms with van der Waals surface area (Å²) in [5.41, 5.74) is 0.945. The number of ether oxygens (including phenoxy) is 1. The van der Waals surface area contributed by atoms with Crippen molar-refractivity contribution in [1.29, 1.82) is 0 Å². The minimum absolute atomic E-state index is 0.00478. The average molecular weight is 396 g/mol. The fraction of sp³-hybridized carbons (Fsp3) is 0.412. The number of rotatable bonds is 9. The van der Waals surface area contributed by atoms with Gasteiger partial charge in [0.2, 0.25) is 5.91 Å². The molecule has 26 heavy (non-hydrogen) atoms. The van der Waals surface area contributed by atoms with Crippen molar-refractivity contribution in [3.05, 3.63) is 24.3 Å². The van der Waals surface area contributed by atoms with Gasteiger partial charge in [0, 0.05) is 11.8 Å². The third-order valence-electron chi connectivity index (χ3n) is 3.07. The van der Waals surface area contributed by atoms with Crippen molar-refractivity contribution >= 4 is 51.1 Å². The first-order valence-electron chi connectivity index (χ1n) is 8.14. The number of carbonyl (C=O) groups is 3. The van der Waals surface area contributed by atoms with E-state index >= 15 is 0 Å². The van der Waals surface area contributed by atoms with Gasteiger partial charge in [-0.15, -0.1) is 11.3 Å². The maximum Gasteiger partial charge on any atom is 0.307 e. The second-order valence-corrected chi connectivity index (χ2v) is 8.08. The van der Waals surface area contributed by atoms with Gasteiger partial charge in [0.05, 0.1) is 23.2 Å². The number of fused-ring (bicyclic) bond motifs is 1. The Morgan fingerprint density at radius 1 is 1.23 bits per heavy atom. The molecule has 0 saturated carbocycles. The first-order valence-corrected chi connectivity index (χ1v) is 9.94. The summed E-state index contributed by atoms with van der Waals surface area (Å²) in [6, 6.07) is 7.86. The van der Waals surface area contributed by atoms with E-state index in [0.29, 0.717) is 5.75 Å². The monoisotopic (exact) mass is 395 g/mol. The van der Waals surface area contributed by atoms with Crippen LogP contribution in [-0.2, 0) is 19.1 Å². The minimum Gasteiger partial charge on any atom is -0.456 e. The first kappa shape index (κ1) is 20.2. The van der Waals surface area contributed by atoms with Crippen LogP contribution in [0, 0.1) is 0 Å². The molecule has 0 aliphatic rings. The molecule has 1 heterocycles. The van der Waals surface area contributed by atoms with Crippen LogP contribution in [0.15, 0.2) is 28.6 Å². The van der Waals surface area contributed by atoms with E-state index in [1.807, 2.05) is 38.1 Å². The smallest absolute Gasteiger partial charge is 0.307 e. The second kappa shape index (κ2) is 10.1. The summed E-state index contributed by atoms with van der Waals surface area (Å²) >= 11 is 3.06. The number of hydrogen-bond donors (Lipinski definition) is 2. The fourth-order valence-electron chi connectivity index (χ4n) is 1.96. The van der Waals surface area contributed by atoms with Crippen LogP contribution in [-0.4, -0.2) is 47.7 Å². The normalized spacial score (nSPS) is 10.7. The molecule has 9 heteroatoms. The van der Waals surface area contributed by atoms with Gasteiger partial charge < -0.3 is 15.4 Å². The molecule has 0 radical (unpaired) electrons. The first-order chi connectivity index (χ1) is 12.4. The molecule has 1 aromatic heterocycles. The van der Waals surface area contributed by atoms with Crippen molar-refractivity contribution in [3.63, 3.8) is 0 Å². The summed E-state index contributed by atoms with van der Waals surface area (Å²) in [5.74, 6) is -0.722. The highest BCUT2D eigenvalue weighted by atomic mass is 32.2. The molecule has 140 valence electrons. The molecule has 0 aliphatic heterocycles. The molecule has 2 rings (SSSR count). The number of thiazole rings is 1. The van der Waals surface area contributed by atoms with Gasteiger partial charge in [0.15, 0.2) is 10.9 Å². The van der Waals surface area contributed by atoms with E-state index in [0.717, 1.165) is 14.6 Å². The quantitative estimate of drug-likeness (QED) is 0.498. The van der Waals surface area contributed by atoms with Gasteiger partial charge in [0.1, 0.15) is 0 Å². The lowest BCUT2D eigenvalue weighted by Gasteiger charge is -2.09. The molecule has 0 fully saturated rings. The van der Waals surface area contributed by atoms with E-state index in [1.54, 1.807) is 11.3 Å². The van der Waals surface area contributed by atoms with Crippen LogP contribution in [0.2, 0.25) is 0 Å². The molecule has 0 atom stereocenters. The Labute approximate surface area is 159 Å². The molecule has 0 bridgehead atoms. The van der Waals surface area contributed by atoms with Crippen molar-refractivity contribution in [2.75, 3.05) is 18.9 Å². The molecule has 1 aromatic carbocycles. The topological polar surface area (TPSA) is 97.4 Å². The summed E-state index contributed by atoms with van der Waals surface area (Å²) in [7, 11) is 0. The van der Waals surface area contributed by atoms with Crippen LogP contribution >= 0.6 is 23.1 Å². The van der Waals surface area contributed by atoms with E-state index in [1.165, 1.54) is 11.8 Å². The summed E-state index contributed by atoms with van der Waals surface area (Å²) in [6.45, 7) is 3.13. The van der Waals surface area contributed by atoms with Crippen LogP contribution < -0.4 is 10.6 Å². The summed E-state index contributed by atoms with van der Waals surface area (Å²) < 4.78 is 6.90. The Morgan fingerprint density at radius 3 is 2.73 bits per heavy atom. The summed E-state index contributed by atoms with van der Waals surface area (Å²) in [6.07, 6.45) is 0.182. The number of hydrogen-bond acceptors (Lipinski definition) is 7. The van der Waals surface area contributed by atoms with Crippen molar-refractivity contribution < 1.29 is 19.1 Å². The molecular weight excluding hydrogens is 374 g/mol. The minimum atomic E-state index is -0.504. The number of amides is 2. The number of thioether (sulfide) groups is 1. The van der Waals surface area contributed by atoms with Crippen LogP contribution in [0.25, 0.3) is 10.2 Å². The molecule has 2 amide bonds. The number of aromatic nitrogens is 1. The van der Waals surface area contributed by atoms with Crippen LogP contribution in [0.5, 0.6) is 0 Å². The zero-order valence-electron chi connectivity index (χ0n) is 14.6. The molecule has 7 nitrogen and oxygen atoms in total. The number of para-hydroxylation sites is 1. The van der Waals surface area contributed by atoms with E-state index < -0.39 is 11.9 Å². The third kappa shape index (κ3) is 7.01. The third-order valence-corrected chi connectivity index (χ3v) is 5.25. The largest absolute Gasteiger partial charge is 0.456 e. The molecular formula is C17H21N3O4S2. The van der Waals surface area contributed by atoms with Crippen LogP contribution in [0.1, 0.15) is 20.3 Å².